The Balaban J connectivity index is 1.81. The predicted octanol–water partition coefficient (Wildman–Crippen LogP) is 1.62. The molecule has 2 aliphatic rings. The standard InChI is InChI=1S/C15H28N2O2/c1-16(2)13-6-10-17(11-7-13)14(18)12-15(19)8-4-3-5-9-15/h13,19H,3-12H2,1-2H3. The molecule has 110 valence electrons. The summed E-state index contributed by atoms with van der Waals surface area (Å²) in [5.74, 6) is 0.154. The van der Waals surface area contributed by atoms with Crippen LogP contribution in [0.4, 0.5) is 0 Å². The average Bonchev–Trinajstić information content (AvgIpc) is 2.39. The minimum Gasteiger partial charge on any atom is -0.389 e. The van der Waals surface area contributed by atoms with Crippen LogP contribution in [0.15, 0.2) is 0 Å². The van der Waals surface area contributed by atoms with Crippen molar-refractivity contribution in [1.82, 2.24) is 9.80 Å². The normalized spacial score (nSPS) is 24.7. The van der Waals surface area contributed by atoms with Gasteiger partial charge in [-0.05, 0) is 39.8 Å². The Morgan fingerprint density at radius 3 is 2.32 bits per heavy atom. The highest BCUT2D eigenvalue weighted by Crippen LogP contribution is 2.31. The fraction of sp³-hybridized carbons (Fsp3) is 0.933. The van der Waals surface area contributed by atoms with Crippen LogP contribution in [0.3, 0.4) is 0 Å². The molecule has 2 rings (SSSR count). The molecule has 19 heavy (non-hydrogen) atoms. The van der Waals surface area contributed by atoms with Crippen LogP contribution in [0.25, 0.3) is 0 Å². The fourth-order valence-corrected chi connectivity index (χ4v) is 3.41. The van der Waals surface area contributed by atoms with Crippen LogP contribution in [0.2, 0.25) is 0 Å². The molecule has 0 spiro atoms. The molecule has 1 amide bonds. The lowest BCUT2D eigenvalue weighted by Gasteiger charge is -2.38. The SMILES string of the molecule is CN(C)C1CCN(C(=O)CC2(O)CCCCC2)CC1. The third-order valence-corrected chi connectivity index (χ3v) is 4.81. The van der Waals surface area contributed by atoms with E-state index in [0.717, 1.165) is 51.6 Å². The van der Waals surface area contributed by atoms with E-state index < -0.39 is 5.60 Å². The summed E-state index contributed by atoms with van der Waals surface area (Å²) < 4.78 is 0. The first kappa shape index (κ1) is 14.8. The molecule has 1 heterocycles. The van der Waals surface area contributed by atoms with Crippen LogP contribution >= 0.6 is 0 Å². The number of likely N-dealkylation sites (tertiary alicyclic amines) is 1. The van der Waals surface area contributed by atoms with Gasteiger partial charge in [0.05, 0.1) is 12.0 Å². The highest BCUT2D eigenvalue weighted by atomic mass is 16.3. The third kappa shape index (κ3) is 3.93. The molecular weight excluding hydrogens is 240 g/mol. The maximum Gasteiger partial charge on any atom is 0.225 e. The molecule has 0 radical (unpaired) electrons. The maximum atomic E-state index is 12.3. The summed E-state index contributed by atoms with van der Waals surface area (Å²) in [5.41, 5.74) is -0.715. The highest BCUT2D eigenvalue weighted by Gasteiger charge is 2.34. The molecule has 0 unspecified atom stereocenters. The van der Waals surface area contributed by atoms with Crippen LogP contribution < -0.4 is 0 Å². The number of piperidine rings is 1. The van der Waals surface area contributed by atoms with Crippen molar-refractivity contribution < 1.29 is 9.90 Å². The van der Waals surface area contributed by atoms with Gasteiger partial charge in [-0.3, -0.25) is 4.79 Å². The van der Waals surface area contributed by atoms with Crippen molar-refractivity contribution in [2.75, 3.05) is 27.2 Å². The molecule has 1 saturated heterocycles. The first-order chi connectivity index (χ1) is 9.00. The zero-order valence-electron chi connectivity index (χ0n) is 12.4. The van der Waals surface area contributed by atoms with Crippen molar-refractivity contribution in [3.05, 3.63) is 0 Å². The maximum absolute atomic E-state index is 12.3. The summed E-state index contributed by atoms with van der Waals surface area (Å²) in [4.78, 5) is 16.5. The van der Waals surface area contributed by atoms with Gasteiger partial charge in [-0.2, -0.15) is 0 Å². The smallest absolute Gasteiger partial charge is 0.225 e. The van der Waals surface area contributed by atoms with Crippen molar-refractivity contribution in [1.29, 1.82) is 0 Å². The Bertz CT molecular complexity index is 303. The van der Waals surface area contributed by atoms with E-state index in [1.165, 1.54) is 6.42 Å². The molecule has 1 saturated carbocycles. The van der Waals surface area contributed by atoms with Gasteiger partial charge < -0.3 is 14.9 Å². The summed E-state index contributed by atoms with van der Waals surface area (Å²) in [6.07, 6.45) is 7.36. The number of rotatable bonds is 3. The molecule has 0 atom stereocenters. The molecule has 0 aromatic rings. The van der Waals surface area contributed by atoms with Gasteiger partial charge in [0.25, 0.3) is 0 Å². The summed E-state index contributed by atoms with van der Waals surface area (Å²) in [6, 6.07) is 0.599. The minimum atomic E-state index is -0.715. The fourth-order valence-electron chi connectivity index (χ4n) is 3.41. The van der Waals surface area contributed by atoms with Crippen LogP contribution in [0.1, 0.15) is 51.4 Å². The number of nitrogens with zero attached hydrogens (tertiary/aromatic N) is 2. The lowest BCUT2D eigenvalue weighted by Crippen LogP contribution is -2.47. The number of aliphatic hydroxyl groups is 1. The monoisotopic (exact) mass is 268 g/mol. The van der Waals surface area contributed by atoms with E-state index in [-0.39, 0.29) is 5.91 Å². The summed E-state index contributed by atoms with van der Waals surface area (Å²) in [5, 5.41) is 10.5. The summed E-state index contributed by atoms with van der Waals surface area (Å²) >= 11 is 0. The molecule has 2 fully saturated rings. The molecule has 4 nitrogen and oxygen atoms in total. The Hall–Kier alpha value is -0.610. The number of carbonyl (C=O) groups excluding carboxylic acids is 1. The molecule has 1 aliphatic heterocycles. The van der Waals surface area contributed by atoms with Crippen molar-refractivity contribution in [2.24, 2.45) is 0 Å². The van der Waals surface area contributed by atoms with E-state index in [9.17, 15) is 9.90 Å². The van der Waals surface area contributed by atoms with E-state index in [1.807, 2.05) is 4.90 Å². The Kier molecular flexibility index (Phi) is 4.85. The lowest BCUT2D eigenvalue weighted by atomic mass is 9.82. The largest absolute Gasteiger partial charge is 0.389 e. The van der Waals surface area contributed by atoms with Crippen molar-refractivity contribution in [3.63, 3.8) is 0 Å². The van der Waals surface area contributed by atoms with Crippen molar-refractivity contribution >= 4 is 5.91 Å². The molecule has 1 N–H and O–H groups in total. The van der Waals surface area contributed by atoms with E-state index in [2.05, 4.69) is 19.0 Å². The van der Waals surface area contributed by atoms with E-state index in [1.54, 1.807) is 0 Å². The van der Waals surface area contributed by atoms with E-state index in [4.69, 9.17) is 0 Å². The van der Waals surface area contributed by atoms with Gasteiger partial charge in [0.1, 0.15) is 0 Å². The van der Waals surface area contributed by atoms with E-state index in [0.29, 0.717) is 12.5 Å². The number of amides is 1. The summed E-state index contributed by atoms with van der Waals surface area (Å²) in [7, 11) is 4.21. The minimum absolute atomic E-state index is 0.154. The Morgan fingerprint density at radius 2 is 1.79 bits per heavy atom. The van der Waals surface area contributed by atoms with Crippen LogP contribution in [0, 0.1) is 0 Å². The van der Waals surface area contributed by atoms with Gasteiger partial charge >= 0.3 is 0 Å². The molecule has 0 aromatic carbocycles. The zero-order valence-corrected chi connectivity index (χ0v) is 12.4. The summed E-state index contributed by atoms with van der Waals surface area (Å²) in [6.45, 7) is 1.69. The molecule has 4 heteroatoms. The van der Waals surface area contributed by atoms with Gasteiger partial charge in [0.2, 0.25) is 5.91 Å². The Morgan fingerprint density at radius 1 is 1.21 bits per heavy atom. The third-order valence-electron chi connectivity index (χ3n) is 4.81. The predicted molar refractivity (Wildman–Crippen MR) is 75.9 cm³/mol. The number of carbonyl (C=O) groups is 1. The van der Waals surface area contributed by atoms with Gasteiger partial charge in [0, 0.05) is 19.1 Å². The molecular formula is C15H28N2O2. The molecule has 0 aromatic heterocycles. The quantitative estimate of drug-likeness (QED) is 0.846. The average molecular weight is 268 g/mol. The number of hydrogen-bond acceptors (Lipinski definition) is 3. The number of hydrogen-bond donors (Lipinski definition) is 1. The topological polar surface area (TPSA) is 43.8 Å². The molecule has 1 aliphatic carbocycles. The Labute approximate surface area is 116 Å². The van der Waals surface area contributed by atoms with Crippen molar-refractivity contribution in [3.8, 4) is 0 Å². The first-order valence-corrected chi connectivity index (χ1v) is 7.67. The van der Waals surface area contributed by atoms with Gasteiger partial charge in [-0.25, -0.2) is 0 Å². The lowest BCUT2D eigenvalue weighted by molar-refractivity contribution is -0.139. The second kappa shape index (κ2) is 6.23. The first-order valence-electron chi connectivity index (χ1n) is 7.67. The van der Waals surface area contributed by atoms with Gasteiger partial charge in [-0.15, -0.1) is 0 Å². The second-order valence-corrected chi connectivity index (χ2v) is 6.54. The zero-order chi connectivity index (χ0) is 13.9. The molecule has 0 bridgehead atoms. The van der Waals surface area contributed by atoms with Crippen LogP contribution in [-0.4, -0.2) is 59.6 Å². The van der Waals surface area contributed by atoms with Crippen LogP contribution in [-0.2, 0) is 4.79 Å². The van der Waals surface area contributed by atoms with Crippen LogP contribution in [0.5, 0.6) is 0 Å². The van der Waals surface area contributed by atoms with Crippen molar-refractivity contribution in [2.45, 2.75) is 63.0 Å². The highest BCUT2D eigenvalue weighted by molar-refractivity contribution is 5.77. The van der Waals surface area contributed by atoms with E-state index >= 15 is 0 Å². The van der Waals surface area contributed by atoms with Gasteiger partial charge in [0.15, 0.2) is 0 Å². The second-order valence-electron chi connectivity index (χ2n) is 6.54. The van der Waals surface area contributed by atoms with Gasteiger partial charge in [-0.1, -0.05) is 19.3 Å².